The summed E-state index contributed by atoms with van der Waals surface area (Å²) >= 11 is 0. The summed E-state index contributed by atoms with van der Waals surface area (Å²) in [5.41, 5.74) is 0.397. The summed E-state index contributed by atoms with van der Waals surface area (Å²) in [6, 6.07) is 10.1. The molecule has 0 amide bonds. The summed E-state index contributed by atoms with van der Waals surface area (Å²) in [6.07, 6.45) is -1.67. The number of esters is 1. The van der Waals surface area contributed by atoms with E-state index in [9.17, 15) is 22.8 Å². The van der Waals surface area contributed by atoms with Crippen molar-refractivity contribution in [2.45, 2.75) is 50.3 Å². The summed E-state index contributed by atoms with van der Waals surface area (Å²) in [4.78, 5) is 25.6. The summed E-state index contributed by atoms with van der Waals surface area (Å²) in [7, 11) is 0. The molecule has 0 radical (unpaired) electrons. The van der Waals surface area contributed by atoms with E-state index in [4.69, 9.17) is 4.74 Å². The maximum Gasteiger partial charge on any atom is 0.416 e. The second-order valence-electron chi connectivity index (χ2n) is 7.57. The summed E-state index contributed by atoms with van der Waals surface area (Å²) in [5, 5.41) is 0. The van der Waals surface area contributed by atoms with Gasteiger partial charge in [-0.3, -0.25) is 9.59 Å². The monoisotopic (exact) mass is 388 g/mol. The Labute approximate surface area is 160 Å². The lowest BCUT2D eigenvalue weighted by Gasteiger charge is -2.19. The van der Waals surface area contributed by atoms with E-state index in [1.165, 1.54) is 6.07 Å². The Hall–Kier alpha value is -2.63. The van der Waals surface area contributed by atoms with Gasteiger partial charge in [0.25, 0.3) is 0 Å². The van der Waals surface area contributed by atoms with Gasteiger partial charge < -0.3 is 4.74 Å². The van der Waals surface area contributed by atoms with Crippen LogP contribution in [-0.4, -0.2) is 17.4 Å². The molecule has 2 aliphatic rings. The smallest absolute Gasteiger partial charge is 0.416 e. The Morgan fingerprint density at radius 3 is 2.36 bits per heavy atom. The molecule has 6 heteroatoms. The Bertz CT molecular complexity index is 956. The number of carbonyl (C=O) groups excluding carboxylic acids is 2. The fourth-order valence-corrected chi connectivity index (χ4v) is 4.24. The molecule has 1 unspecified atom stereocenters. The molecular weight excluding hydrogens is 369 g/mol. The molecule has 1 atom stereocenters. The number of halogens is 3. The van der Waals surface area contributed by atoms with Gasteiger partial charge in [-0.2, -0.15) is 13.2 Å². The number of Topliss-reactive ketones (excluding diaryl/α,β-unsaturated/α-hetero) is 1. The highest BCUT2D eigenvalue weighted by Crippen LogP contribution is 2.45. The third kappa shape index (κ3) is 3.01. The van der Waals surface area contributed by atoms with Gasteiger partial charge in [-0.05, 0) is 73.1 Å². The zero-order valence-electron chi connectivity index (χ0n) is 15.3. The zero-order valence-corrected chi connectivity index (χ0v) is 15.3. The Kier molecular flexibility index (Phi) is 4.32. The van der Waals surface area contributed by atoms with Crippen LogP contribution >= 0.6 is 0 Å². The normalized spacial score (nSPS) is 21.4. The molecule has 146 valence electrons. The van der Waals surface area contributed by atoms with E-state index in [0.717, 1.165) is 30.5 Å². The predicted octanol–water partition coefficient (Wildman–Crippen LogP) is 5.20. The Morgan fingerprint density at radius 2 is 1.68 bits per heavy atom. The van der Waals surface area contributed by atoms with Crippen LogP contribution in [-0.2, 0) is 20.5 Å². The minimum absolute atomic E-state index is 0.223. The average Bonchev–Trinajstić information content (AvgIpc) is 3.21. The number of alkyl halides is 3. The molecule has 1 aliphatic carbocycles. The molecular formula is C22H19F3O3. The highest BCUT2D eigenvalue weighted by molar-refractivity contribution is 6.14. The molecule has 2 fully saturated rings. The lowest BCUT2D eigenvalue weighted by molar-refractivity contribution is -0.151. The van der Waals surface area contributed by atoms with Crippen molar-refractivity contribution in [3.05, 3.63) is 59.2 Å². The van der Waals surface area contributed by atoms with Gasteiger partial charge in [0.05, 0.1) is 5.56 Å². The lowest BCUT2D eigenvalue weighted by Crippen LogP contribution is -2.33. The van der Waals surface area contributed by atoms with Crippen LogP contribution in [0.3, 0.4) is 0 Å². The highest BCUT2D eigenvalue weighted by atomic mass is 19.4. The average molecular weight is 388 g/mol. The molecule has 1 spiro atoms. The number of aryl methyl sites for hydroxylation is 1. The van der Waals surface area contributed by atoms with Crippen LogP contribution in [0.25, 0.3) is 11.1 Å². The second kappa shape index (κ2) is 6.47. The van der Waals surface area contributed by atoms with Gasteiger partial charge in [-0.1, -0.05) is 24.3 Å². The zero-order chi connectivity index (χ0) is 20.1. The topological polar surface area (TPSA) is 43.4 Å². The van der Waals surface area contributed by atoms with Gasteiger partial charge in [0.1, 0.15) is 5.92 Å². The van der Waals surface area contributed by atoms with E-state index in [-0.39, 0.29) is 5.78 Å². The van der Waals surface area contributed by atoms with Gasteiger partial charge in [0, 0.05) is 0 Å². The van der Waals surface area contributed by atoms with Crippen LogP contribution in [0.5, 0.6) is 0 Å². The molecule has 3 nitrogen and oxygen atoms in total. The molecule has 1 saturated carbocycles. The molecule has 1 saturated heterocycles. The number of hydrogen-bond donors (Lipinski definition) is 0. The summed E-state index contributed by atoms with van der Waals surface area (Å²) in [5.74, 6) is -1.79. The molecule has 28 heavy (non-hydrogen) atoms. The van der Waals surface area contributed by atoms with Crippen molar-refractivity contribution in [3.63, 3.8) is 0 Å². The van der Waals surface area contributed by atoms with Crippen LogP contribution in [0.4, 0.5) is 13.2 Å². The van der Waals surface area contributed by atoms with Crippen LogP contribution in [0, 0.1) is 6.92 Å². The summed E-state index contributed by atoms with van der Waals surface area (Å²) < 4.78 is 44.6. The molecule has 4 rings (SSSR count). The van der Waals surface area contributed by atoms with E-state index in [0.29, 0.717) is 29.5 Å². The van der Waals surface area contributed by atoms with E-state index < -0.39 is 29.2 Å². The maximum atomic E-state index is 13.0. The third-order valence-corrected chi connectivity index (χ3v) is 5.77. The van der Waals surface area contributed by atoms with E-state index in [2.05, 4.69) is 0 Å². The first-order chi connectivity index (χ1) is 13.2. The molecule has 0 aromatic heterocycles. The molecule has 1 aliphatic heterocycles. The summed E-state index contributed by atoms with van der Waals surface area (Å²) in [6.45, 7) is 1.78. The maximum absolute atomic E-state index is 13.0. The quantitative estimate of drug-likeness (QED) is 0.524. The van der Waals surface area contributed by atoms with Crippen molar-refractivity contribution < 1.29 is 27.5 Å². The minimum Gasteiger partial charge on any atom is -0.450 e. The van der Waals surface area contributed by atoms with Crippen molar-refractivity contribution in [2.24, 2.45) is 0 Å². The number of benzene rings is 2. The van der Waals surface area contributed by atoms with Crippen LogP contribution in [0.2, 0.25) is 0 Å². The van der Waals surface area contributed by atoms with E-state index >= 15 is 0 Å². The van der Waals surface area contributed by atoms with Crippen molar-refractivity contribution >= 4 is 11.8 Å². The first-order valence-corrected chi connectivity index (χ1v) is 9.27. The fraction of sp³-hybridized carbons (Fsp3) is 0.364. The molecule has 1 heterocycles. The van der Waals surface area contributed by atoms with Crippen LogP contribution in [0.1, 0.15) is 48.3 Å². The number of ether oxygens (including phenoxy) is 1. The minimum atomic E-state index is -4.44. The molecule has 0 N–H and O–H groups in total. The Morgan fingerprint density at radius 1 is 1.00 bits per heavy atom. The van der Waals surface area contributed by atoms with Crippen molar-refractivity contribution in [3.8, 4) is 11.1 Å². The Balaban J connectivity index is 1.75. The predicted molar refractivity (Wildman–Crippen MR) is 96.7 cm³/mol. The van der Waals surface area contributed by atoms with Gasteiger partial charge >= 0.3 is 12.1 Å². The van der Waals surface area contributed by atoms with E-state index in [1.54, 1.807) is 31.2 Å². The van der Waals surface area contributed by atoms with Crippen molar-refractivity contribution in [1.82, 2.24) is 0 Å². The van der Waals surface area contributed by atoms with Crippen molar-refractivity contribution in [1.29, 1.82) is 0 Å². The van der Waals surface area contributed by atoms with Crippen LogP contribution in [0.15, 0.2) is 42.5 Å². The SMILES string of the molecule is Cc1ccc(-c2cccc(C(F)(F)F)c2)cc1C1C(=O)OC2(CCCC2)C1=O. The molecule has 2 aromatic rings. The van der Waals surface area contributed by atoms with Gasteiger partial charge in [0.2, 0.25) is 0 Å². The van der Waals surface area contributed by atoms with Crippen LogP contribution < -0.4 is 0 Å². The van der Waals surface area contributed by atoms with Gasteiger partial charge in [-0.25, -0.2) is 0 Å². The highest BCUT2D eigenvalue weighted by Gasteiger charge is 2.56. The third-order valence-electron chi connectivity index (χ3n) is 5.77. The fourth-order valence-electron chi connectivity index (χ4n) is 4.24. The first-order valence-electron chi connectivity index (χ1n) is 9.27. The number of ketones is 1. The van der Waals surface area contributed by atoms with Crippen molar-refractivity contribution in [2.75, 3.05) is 0 Å². The number of hydrogen-bond acceptors (Lipinski definition) is 3. The van der Waals surface area contributed by atoms with Gasteiger partial charge in [-0.15, -0.1) is 0 Å². The number of rotatable bonds is 2. The molecule has 0 bridgehead atoms. The largest absolute Gasteiger partial charge is 0.450 e. The standard InChI is InChI=1S/C22H19F3O3/c1-13-7-8-15(14-5-4-6-16(11-14)22(23,24)25)12-17(13)18-19(26)21(28-20(18)27)9-2-3-10-21/h4-8,11-12,18H,2-3,9-10H2,1H3. The van der Waals surface area contributed by atoms with Gasteiger partial charge in [0.15, 0.2) is 11.4 Å². The lowest BCUT2D eigenvalue weighted by atomic mass is 9.83. The molecule has 2 aromatic carbocycles. The second-order valence-corrected chi connectivity index (χ2v) is 7.57. The first kappa shape index (κ1) is 18.7. The van der Waals surface area contributed by atoms with E-state index in [1.807, 2.05) is 0 Å². The number of carbonyl (C=O) groups is 2.